The topological polar surface area (TPSA) is 66.5 Å². The summed E-state index contributed by atoms with van der Waals surface area (Å²) in [5.41, 5.74) is 2.86. The molecule has 0 spiro atoms. The number of amides is 1. The summed E-state index contributed by atoms with van der Waals surface area (Å²) in [5, 5.41) is 3.17. The Balaban J connectivity index is 1.94. The van der Waals surface area contributed by atoms with Crippen LogP contribution in [0.3, 0.4) is 0 Å². The Morgan fingerprint density at radius 3 is 2.45 bits per heavy atom. The van der Waals surface area contributed by atoms with Crippen molar-refractivity contribution >= 4 is 33.2 Å². The zero-order valence-corrected chi connectivity index (χ0v) is 18.6. The van der Waals surface area contributed by atoms with Gasteiger partial charge in [-0.2, -0.15) is 4.31 Å². The number of anilines is 1. The molecule has 1 fully saturated rings. The first-order chi connectivity index (χ1) is 13.7. The maximum Gasteiger partial charge on any atom is 0.257 e. The number of halogens is 1. The highest BCUT2D eigenvalue weighted by Crippen LogP contribution is 2.30. The second-order valence-corrected chi connectivity index (χ2v) is 10.1. The van der Waals surface area contributed by atoms with Crippen LogP contribution >= 0.6 is 11.6 Å². The van der Waals surface area contributed by atoms with Crippen molar-refractivity contribution in [2.45, 2.75) is 50.8 Å². The van der Waals surface area contributed by atoms with Gasteiger partial charge < -0.3 is 5.32 Å². The highest BCUT2D eigenvalue weighted by Gasteiger charge is 2.27. The van der Waals surface area contributed by atoms with E-state index in [-0.39, 0.29) is 21.4 Å². The van der Waals surface area contributed by atoms with Crippen LogP contribution in [0.2, 0.25) is 5.02 Å². The summed E-state index contributed by atoms with van der Waals surface area (Å²) in [6.45, 7) is 7.06. The molecule has 0 bridgehead atoms. The number of rotatable bonds is 5. The largest absolute Gasteiger partial charge is 0.321 e. The first kappa shape index (κ1) is 21.8. The van der Waals surface area contributed by atoms with Crippen LogP contribution < -0.4 is 5.32 Å². The summed E-state index contributed by atoms with van der Waals surface area (Å²) in [7, 11) is -3.64. The van der Waals surface area contributed by atoms with Crippen LogP contribution in [0.15, 0.2) is 41.3 Å². The number of hydrogen-bond donors (Lipinski definition) is 1. The van der Waals surface area contributed by atoms with E-state index in [0.717, 1.165) is 36.1 Å². The summed E-state index contributed by atoms with van der Waals surface area (Å²) >= 11 is 6.27. The zero-order chi connectivity index (χ0) is 21.2. The number of sulfonamides is 1. The Hall–Kier alpha value is -1.89. The van der Waals surface area contributed by atoms with E-state index in [9.17, 15) is 13.2 Å². The van der Waals surface area contributed by atoms with Crippen LogP contribution in [0, 0.1) is 6.92 Å². The van der Waals surface area contributed by atoms with E-state index in [1.165, 1.54) is 22.5 Å². The van der Waals surface area contributed by atoms with Gasteiger partial charge in [0.1, 0.15) is 0 Å². The van der Waals surface area contributed by atoms with Gasteiger partial charge in [-0.05, 0) is 55.0 Å². The fourth-order valence-corrected chi connectivity index (χ4v) is 5.36. The number of hydrogen-bond acceptors (Lipinski definition) is 3. The Kier molecular flexibility index (Phi) is 6.66. The van der Waals surface area contributed by atoms with Gasteiger partial charge in [0.05, 0.1) is 15.5 Å². The molecule has 1 amide bonds. The van der Waals surface area contributed by atoms with Gasteiger partial charge in [0.15, 0.2) is 0 Å². The number of nitrogens with one attached hydrogen (secondary N) is 1. The number of benzene rings is 2. The molecule has 2 aromatic carbocycles. The lowest BCUT2D eigenvalue weighted by atomic mass is 9.98. The number of aryl methyl sites for hydroxylation is 1. The van der Waals surface area contributed by atoms with E-state index in [1.54, 1.807) is 0 Å². The average molecular weight is 435 g/mol. The molecule has 1 saturated heterocycles. The summed E-state index contributed by atoms with van der Waals surface area (Å²) in [4.78, 5) is 13.1. The quantitative estimate of drug-likeness (QED) is 0.703. The predicted molar refractivity (Wildman–Crippen MR) is 117 cm³/mol. The lowest BCUT2D eigenvalue weighted by molar-refractivity contribution is 0.102. The smallest absolute Gasteiger partial charge is 0.257 e. The Labute approximate surface area is 178 Å². The fourth-order valence-electron chi connectivity index (χ4n) is 3.62. The van der Waals surface area contributed by atoms with E-state index in [4.69, 9.17) is 11.6 Å². The monoisotopic (exact) mass is 434 g/mol. The molecule has 1 aliphatic heterocycles. The third-order valence-corrected chi connectivity index (χ3v) is 7.53. The highest BCUT2D eigenvalue weighted by atomic mass is 35.5. The van der Waals surface area contributed by atoms with Crippen LogP contribution in [-0.4, -0.2) is 31.7 Å². The molecule has 1 N–H and O–H groups in total. The minimum absolute atomic E-state index is 0.0998. The molecule has 0 radical (unpaired) electrons. The molecular weight excluding hydrogens is 408 g/mol. The third-order valence-electron chi connectivity index (χ3n) is 5.30. The summed E-state index contributed by atoms with van der Waals surface area (Å²) in [6, 6.07) is 10.2. The molecule has 29 heavy (non-hydrogen) atoms. The normalized spacial score (nSPS) is 15.5. The molecule has 7 heteroatoms. The van der Waals surface area contributed by atoms with Crippen LogP contribution in [-0.2, 0) is 10.0 Å². The van der Waals surface area contributed by atoms with E-state index in [0.29, 0.717) is 13.1 Å². The second-order valence-electron chi connectivity index (χ2n) is 7.75. The molecule has 5 nitrogen and oxygen atoms in total. The standard InChI is InChI=1S/C22H27ClN2O3S/c1-15(2)18-9-7-8-16(3)21(18)24-22(26)19-14-17(10-11-20(19)23)29(27,28)25-12-5-4-6-13-25/h7-11,14-15H,4-6,12-13H2,1-3H3,(H,24,26). The molecule has 0 saturated carbocycles. The third kappa shape index (κ3) is 4.65. The van der Waals surface area contributed by atoms with E-state index < -0.39 is 15.9 Å². The second kappa shape index (κ2) is 8.86. The number of carbonyl (C=O) groups excluding carboxylic acids is 1. The molecular formula is C22H27ClN2O3S. The number of piperidine rings is 1. The van der Waals surface area contributed by atoms with Crippen LogP contribution in [0.1, 0.15) is 60.5 Å². The maximum absolute atomic E-state index is 13.0. The Morgan fingerprint density at radius 1 is 1.10 bits per heavy atom. The van der Waals surface area contributed by atoms with Gasteiger partial charge in [-0.1, -0.05) is 50.1 Å². The van der Waals surface area contributed by atoms with Gasteiger partial charge in [-0.15, -0.1) is 0 Å². The summed E-state index contributed by atoms with van der Waals surface area (Å²) < 4.78 is 27.4. The van der Waals surface area contributed by atoms with Gasteiger partial charge in [-0.3, -0.25) is 4.79 Å². The first-order valence-corrected chi connectivity index (χ1v) is 11.7. The van der Waals surface area contributed by atoms with Crippen molar-refractivity contribution in [3.8, 4) is 0 Å². The number of nitrogens with zero attached hydrogens (tertiary/aromatic N) is 1. The SMILES string of the molecule is Cc1cccc(C(C)C)c1NC(=O)c1cc(S(=O)(=O)N2CCCCC2)ccc1Cl. The predicted octanol–water partition coefficient (Wildman–Crippen LogP) is 5.20. The molecule has 0 atom stereocenters. The van der Waals surface area contributed by atoms with E-state index in [2.05, 4.69) is 19.2 Å². The van der Waals surface area contributed by atoms with Gasteiger partial charge >= 0.3 is 0 Å². The molecule has 2 aromatic rings. The number of para-hydroxylation sites is 1. The van der Waals surface area contributed by atoms with E-state index >= 15 is 0 Å². The maximum atomic E-state index is 13.0. The lowest BCUT2D eigenvalue weighted by Crippen LogP contribution is -2.35. The van der Waals surface area contributed by atoms with Crippen LogP contribution in [0.5, 0.6) is 0 Å². The van der Waals surface area contributed by atoms with Crippen molar-refractivity contribution in [1.82, 2.24) is 4.31 Å². The molecule has 0 aromatic heterocycles. The van der Waals surface area contributed by atoms with Gasteiger partial charge in [0.25, 0.3) is 5.91 Å². The van der Waals surface area contributed by atoms with Crippen molar-refractivity contribution in [2.24, 2.45) is 0 Å². The van der Waals surface area contributed by atoms with Gasteiger partial charge in [0.2, 0.25) is 10.0 Å². The molecule has 1 heterocycles. The minimum atomic E-state index is -3.64. The Bertz CT molecular complexity index is 1010. The van der Waals surface area contributed by atoms with Crippen LogP contribution in [0.25, 0.3) is 0 Å². The minimum Gasteiger partial charge on any atom is -0.321 e. The van der Waals surface area contributed by atoms with Crippen molar-refractivity contribution in [1.29, 1.82) is 0 Å². The molecule has 1 aliphatic rings. The Morgan fingerprint density at radius 2 is 1.79 bits per heavy atom. The number of carbonyl (C=O) groups is 1. The average Bonchev–Trinajstić information content (AvgIpc) is 2.70. The van der Waals surface area contributed by atoms with Crippen molar-refractivity contribution in [2.75, 3.05) is 18.4 Å². The fraction of sp³-hybridized carbons (Fsp3) is 0.409. The molecule has 3 rings (SSSR count). The van der Waals surface area contributed by atoms with Gasteiger partial charge in [0, 0.05) is 18.8 Å². The lowest BCUT2D eigenvalue weighted by Gasteiger charge is -2.26. The highest BCUT2D eigenvalue weighted by molar-refractivity contribution is 7.89. The van der Waals surface area contributed by atoms with Crippen molar-refractivity contribution < 1.29 is 13.2 Å². The molecule has 0 unspecified atom stereocenters. The molecule has 0 aliphatic carbocycles. The van der Waals surface area contributed by atoms with Gasteiger partial charge in [-0.25, -0.2) is 8.42 Å². The van der Waals surface area contributed by atoms with E-state index in [1.807, 2.05) is 25.1 Å². The van der Waals surface area contributed by atoms with Crippen molar-refractivity contribution in [3.05, 3.63) is 58.1 Å². The molecule has 156 valence electrons. The summed E-state index contributed by atoms with van der Waals surface area (Å²) in [5.74, 6) is -0.187. The van der Waals surface area contributed by atoms with Crippen molar-refractivity contribution in [3.63, 3.8) is 0 Å². The first-order valence-electron chi connectivity index (χ1n) is 9.92. The van der Waals surface area contributed by atoms with Crippen LogP contribution in [0.4, 0.5) is 5.69 Å². The summed E-state index contributed by atoms with van der Waals surface area (Å²) in [6.07, 6.45) is 2.74. The zero-order valence-electron chi connectivity index (χ0n) is 17.0.